The third-order valence-electron chi connectivity index (χ3n) is 1.73. The zero-order valence-electron chi connectivity index (χ0n) is 7.65. The van der Waals surface area contributed by atoms with E-state index in [0.717, 1.165) is 6.26 Å². The Balaban J connectivity index is 2.65. The van der Waals surface area contributed by atoms with Gasteiger partial charge in [0.05, 0.1) is 5.75 Å². The van der Waals surface area contributed by atoms with Crippen LogP contribution in [0.4, 0.5) is 0 Å². The highest BCUT2D eigenvalue weighted by Crippen LogP contribution is 2.05. The fraction of sp³-hybridized carbons (Fsp3) is 0.375. The van der Waals surface area contributed by atoms with E-state index in [0.29, 0.717) is 12.0 Å². The number of sulfone groups is 1. The summed E-state index contributed by atoms with van der Waals surface area (Å²) in [7, 11) is -2.99. The second kappa shape index (κ2) is 3.83. The zero-order chi connectivity index (χ0) is 10.8. The molecular formula is C8H11NO4S. The Morgan fingerprint density at radius 3 is 2.64 bits per heavy atom. The molecule has 2 N–H and O–H groups in total. The monoisotopic (exact) mass is 217 g/mol. The van der Waals surface area contributed by atoms with Gasteiger partial charge in [-0.3, -0.25) is 0 Å². The van der Waals surface area contributed by atoms with Crippen LogP contribution in [0.25, 0.3) is 0 Å². The van der Waals surface area contributed by atoms with Gasteiger partial charge in [0, 0.05) is 12.5 Å². The van der Waals surface area contributed by atoms with Crippen molar-refractivity contribution in [1.29, 1.82) is 0 Å². The number of aromatic carboxylic acids is 1. The second-order valence-corrected chi connectivity index (χ2v) is 5.37. The summed E-state index contributed by atoms with van der Waals surface area (Å²) in [5, 5.41) is 8.58. The van der Waals surface area contributed by atoms with Gasteiger partial charge in [-0.15, -0.1) is 0 Å². The van der Waals surface area contributed by atoms with Crippen LogP contribution in [0, 0.1) is 0 Å². The van der Waals surface area contributed by atoms with E-state index in [2.05, 4.69) is 4.98 Å². The van der Waals surface area contributed by atoms with E-state index in [-0.39, 0.29) is 11.4 Å². The maximum Gasteiger partial charge on any atom is 0.352 e. The molecule has 0 aromatic carbocycles. The number of nitrogens with one attached hydrogen (secondary N) is 1. The molecular weight excluding hydrogens is 206 g/mol. The third-order valence-corrected chi connectivity index (χ3v) is 2.68. The van der Waals surface area contributed by atoms with Gasteiger partial charge in [0.2, 0.25) is 0 Å². The van der Waals surface area contributed by atoms with E-state index >= 15 is 0 Å². The number of aryl methyl sites for hydroxylation is 1. The van der Waals surface area contributed by atoms with Gasteiger partial charge in [-0.1, -0.05) is 0 Å². The minimum atomic E-state index is -2.99. The number of aromatic nitrogens is 1. The Morgan fingerprint density at radius 1 is 1.57 bits per heavy atom. The van der Waals surface area contributed by atoms with Gasteiger partial charge in [0.1, 0.15) is 15.5 Å². The topological polar surface area (TPSA) is 87.2 Å². The number of hydrogen-bond donors (Lipinski definition) is 2. The Hall–Kier alpha value is -1.30. The highest BCUT2D eigenvalue weighted by atomic mass is 32.2. The lowest BCUT2D eigenvalue weighted by atomic mass is 10.2. The second-order valence-electron chi connectivity index (χ2n) is 3.11. The van der Waals surface area contributed by atoms with E-state index in [1.54, 1.807) is 0 Å². The van der Waals surface area contributed by atoms with Crippen molar-refractivity contribution < 1.29 is 18.3 Å². The van der Waals surface area contributed by atoms with Crippen LogP contribution in [0.2, 0.25) is 0 Å². The maximum atomic E-state index is 10.8. The van der Waals surface area contributed by atoms with E-state index < -0.39 is 15.8 Å². The highest BCUT2D eigenvalue weighted by molar-refractivity contribution is 7.90. The molecule has 78 valence electrons. The fourth-order valence-electron chi connectivity index (χ4n) is 1.01. The van der Waals surface area contributed by atoms with Crippen LogP contribution in [0.15, 0.2) is 12.3 Å². The molecule has 0 bridgehead atoms. The molecule has 1 rings (SSSR count). The van der Waals surface area contributed by atoms with E-state index in [1.807, 2.05) is 0 Å². The predicted molar refractivity (Wildman–Crippen MR) is 51.2 cm³/mol. The standard InChI is InChI=1S/C8H11NO4S/c1-14(12,13)3-2-6-4-7(8(10)11)9-5-6/h4-5,9H,2-3H2,1H3,(H,10,11). The highest BCUT2D eigenvalue weighted by Gasteiger charge is 2.08. The van der Waals surface area contributed by atoms with Crippen LogP contribution in [0.5, 0.6) is 0 Å². The molecule has 0 aliphatic heterocycles. The van der Waals surface area contributed by atoms with Crippen LogP contribution in [0.1, 0.15) is 16.1 Å². The molecule has 6 heteroatoms. The number of rotatable bonds is 4. The van der Waals surface area contributed by atoms with Gasteiger partial charge >= 0.3 is 5.97 Å². The number of carboxylic acid groups (broad SMARTS) is 1. The molecule has 0 amide bonds. The summed E-state index contributed by atoms with van der Waals surface area (Å²) in [4.78, 5) is 13.0. The van der Waals surface area contributed by atoms with Crippen LogP contribution in [-0.4, -0.2) is 36.5 Å². The van der Waals surface area contributed by atoms with Crippen molar-refractivity contribution in [2.45, 2.75) is 6.42 Å². The first-order valence-electron chi connectivity index (χ1n) is 3.97. The van der Waals surface area contributed by atoms with E-state index in [9.17, 15) is 13.2 Å². The Morgan fingerprint density at radius 2 is 2.21 bits per heavy atom. The quantitative estimate of drug-likeness (QED) is 0.759. The van der Waals surface area contributed by atoms with Gasteiger partial charge < -0.3 is 10.1 Å². The first-order chi connectivity index (χ1) is 6.38. The van der Waals surface area contributed by atoms with Gasteiger partial charge in [0.15, 0.2) is 0 Å². The molecule has 0 saturated heterocycles. The third kappa shape index (κ3) is 3.21. The average Bonchev–Trinajstić information content (AvgIpc) is 2.47. The number of carboxylic acids is 1. The van der Waals surface area contributed by atoms with Crippen LogP contribution < -0.4 is 0 Å². The van der Waals surface area contributed by atoms with Gasteiger partial charge in [-0.2, -0.15) is 0 Å². The van der Waals surface area contributed by atoms with Crippen molar-refractivity contribution in [2.24, 2.45) is 0 Å². The molecule has 0 unspecified atom stereocenters. The van der Waals surface area contributed by atoms with Crippen LogP contribution in [0.3, 0.4) is 0 Å². The first-order valence-corrected chi connectivity index (χ1v) is 6.03. The smallest absolute Gasteiger partial charge is 0.352 e. The molecule has 0 aliphatic carbocycles. The minimum Gasteiger partial charge on any atom is -0.477 e. The summed E-state index contributed by atoms with van der Waals surface area (Å²) in [6, 6.07) is 1.44. The molecule has 0 fully saturated rings. The van der Waals surface area contributed by atoms with Crippen molar-refractivity contribution >= 4 is 15.8 Å². The van der Waals surface area contributed by atoms with Crippen LogP contribution >= 0.6 is 0 Å². The molecule has 0 radical (unpaired) electrons. The first kappa shape index (κ1) is 10.8. The van der Waals surface area contributed by atoms with Crippen molar-refractivity contribution in [3.63, 3.8) is 0 Å². The number of aromatic amines is 1. The zero-order valence-corrected chi connectivity index (χ0v) is 8.47. The van der Waals surface area contributed by atoms with Crippen molar-refractivity contribution in [1.82, 2.24) is 4.98 Å². The van der Waals surface area contributed by atoms with Gasteiger partial charge in [-0.05, 0) is 18.1 Å². The van der Waals surface area contributed by atoms with E-state index in [1.165, 1.54) is 12.3 Å². The Kier molecular flexibility index (Phi) is 2.95. The van der Waals surface area contributed by atoms with Crippen molar-refractivity contribution in [2.75, 3.05) is 12.0 Å². The molecule has 0 aliphatic rings. The summed E-state index contributed by atoms with van der Waals surface area (Å²) in [5.74, 6) is -1.01. The van der Waals surface area contributed by atoms with Gasteiger partial charge in [-0.25, -0.2) is 13.2 Å². The summed E-state index contributed by atoms with van der Waals surface area (Å²) in [6.45, 7) is 0. The van der Waals surface area contributed by atoms with Crippen LogP contribution in [-0.2, 0) is 16.3 Å². The number of carbonyl (C=O) groups is 1. The molecule has 0 saturated carbocycles. The van der Waals surface area contributed by atoms with Crippen molar-refractivity contribution in [3.8, 4) is 0 Å². The summed E-state index contributed by atoms with van der Waals surface area (Å²) in [6.07, 6.45) is 3.00. The lowest BCUT2D eigenvalue weighted by molar-refractivity contribution is 0.0691. The Bertz CT molecular complexity index is 432. The Labute approximate surface area is 81.7 Å². The number of hydrogen-bond acceptors (Lipinski definition) is 3. The average molecular weight is 217 g/mol. The SMILES string of the molecule is CS(=O)(=O)CCc1c[nH]c(C(=O)O)c1. The fourth-order valence-corrected chi connectivity index (χ4v) is 1.62. The molecule has 1 aromatic rings. The summed E-state index contributed by atoms with van der Waals surface area (Å²) < 4.78 is 21.6. The molecule has 1 aromatic heterocycles. The number of H-pyrrole nitrogens is 1. The molecule has 5 nitrogen and oxygen atoms in total. The largest absolute Gasteiger partial charge is 0.477 e. The van der Waals surface area contributed by atoms with E-state index in [4.69, 9.17) is 5.11 Å². The molecule has 14 heavy (non-hydrogen) atoms. The summed E-state index contributed by atoms with van der Waals surface area (Å²) in [5.41, 5.74) is 0.765. The minimum absolute atomic E-state index is 0.0317. The lowest BCUT2D eigenvalue weighted by Crippen LogP contribution is -2.05. The molecule has 1 heterocycles. The maximum absolute atomic E-state index is 10.8. The molecule has 0 spiro atoms. The van der Waals surface area contributed by atoms with Gasteiger partial charge in [0.25, 0.3) is 0 Å². The lowest BCUT2D eigenvalue weighted by Gasteiger charge is -1.94. The predicted octanol–water partition coefficient (Wildman–Crippen LogP) is 0.300. The summed E-state index contributed by atoms with van der Waals surface area (Å²) >= 11 is 0. The van der Waals surface area contributed by atoms with Crippen molar-refractivity contribution in [3.05, 3.63) is 23.5 Å². The normalized spacial score (nSPS) is 11.5. The molecule has 0 atom stereocenters.